The minimum Gasteiger partial charge on any atom is -0.352 e. The maximum Gasteiger partial charge on any atom is 0.255 e. The van der Waals surface area contributed by atoms with Crippen molar-refractivity contribution in [2.24, 2.45) is 5.92 Å². The Hall–Kier alpha value is -1.78. The standard InChI is InChI=1S/C18H19Cl2N3O/c1-12-5-7-23(8-6-12)18(24)13-9-14(11-21-10-13)22-17-15(19)3-2-4-16(17)20/h2-4,9-12,22H,5-8H2,1H3. The number of likely N-dealkylation sites (tertiary alicyclic amines) is 1. The second-order valence-corrected chi connectivity index (χ2v) is 6.97. The zero-order valence-electron chi connectivity index (χ0n) is 13.4. The van der Waals surface area contributed by atoms with Gasteiger partial charge in [-0.3, -0.25) is 9.78 Å². The van der Waals surface area contributed by atoms with Gasteiger partial charge in [-0.25, -0.2) is 0 Å². The van der Waals surface area contributed by atoms with Gasteiger partial charge in [-0.15, -0.1) is 0 Å². The number of benzene rings is 1. The molecule has 1 saturated heterocycles. The van der Waals surface area contributed by atoms with Gasteiger partial charge in [0.25, 0.3) is 5.91 Å². The molecule has 1 amide bonds. The molecule has 1 N–H and O–H groups in total. The van der Waals surface area contributed by atoms with E-state index in [0.717, 1.165) is 25.9 Å². The monoisotopic (exact) mass is 363 g/mol. The van der Waals surface area contributed by atoms with Crippen molar-refractivity contribution in [1.82, 2.24) is 9.88 Å². The highest BCUT2D eigenvalue weighted by Crippen LogP contribution is 2.32. The molecule has 0 spiro atoms. The largest absolute Gasteiger partial charge is 0.352 e. The summed E-state index contributed by atoms with van der Waals surface area (Å²) >= 11 is 12.3. The van der Waals surface area contributed by atoms with Crippen LogP contribution in [0, 0.1) is 5.92 Å². The van der Waals surface area contributed by atoms with Crippen molar-refractivity contribution in [3.63, 3.8) is 0 Å². The zero-order chi connectivity index (χ0) is 17.1. The van der Waals surface area contributed by atoms with Crippen LogP contribution in [-0.4, -0.2) is 28.9 Å². The number of carbonyl (C=O) groups excluding carboxylic acids is 1. The summed E-state index contributed by atoms with van der Waals surface area (Å²) < 4.78 is 0. The Kier molecular flexibility index (Phi) is 5.27. The second kappa shape index (κ2) is 7.41. The summed E-state index contributed by atoms with van der Waals surface area (Å²) in [6, 6.07) is 7.08. The Morgan fingerprint density at radius 3 is 2.54 bits per heavy atom. The zero-order valence-corrected chi connectivity index (χ0v) is 14.9. The van der Waals surface area contributed by atoms with Gasteiger partial charge in [0.1, 0.15) is 0 Å². The number of hydrogen-bond donors (Lipinski definition) is 1. The van der Waals surface area contributed by atoms with E-state index in [-0.39, 0.29) is 5.91 Å². The van der Waals surface area contributed by atoms with E-state index in [1.54, 1.807) is 36.7 Å². The number of para-hydroxylation sites is 1. The van der Waals surface area contributed by atoms with E-state index in [9.17, 15) is 4.79 Å². The van der Waals surface area contributed by atoms with Gasteiger partial charge in [0.2, 0.25) is 0 Å². The van der Waals surface area contributed by atoms with Gasteiger partial charge >= 0.3 is 0 Å². The van der Waals surface area contributed by atoms with E-state index in [1.165, 1.54) is 0 Å². The third-order valence-electron chi connectivity index (χ3n) is 4.29. The van der Waals surface area contributed by atoms with Crippen LogP contribution < -0.4 is 5.32 Å². The number of anilines is 2. The van der Waals surface area contributed by atoms with Gasteiger partial charge in [-0.2, -0.15) is 0 Å². The lowest BCUT2D eigenvalue weighted by Crippen LogP contribution is -2.37. The summed E-state index contributed by atoms with van der Waals surface area (Å²) in [7, 11) is 0. The van der Waals surface area contributed by atoms with Gasteiger partial charge in [0, 0.05) is 19.3 Å². The lowest BCUT2D eigenvalue weighted by molar-refractivity contribution is 0.0697. The molecule has 6 heteroatoms. The van der Waals surface area contributed by atoms with Gasteiger partial charge in [-0.05, 0) is 37.0 Å². The lowest BCUT2D eigenvalue weighted by atomic mass is 9.99. The van der Waals surface area contributed by atoms with E-state index in [0.29, 0.717) is 32.9 Å². The first-order valence-electron chi connectivity index (χ1n) is 8.00. The average Bonchev–Trinajstić information content (AvgIpc) is 2.59. The molecule has 0 aliphatic carbocycles. The summed E-state index contributed by atoms with van der Waals surface area (Å²) in [4.78, 5) is 18.7. The molecule has 1 aliphatic heterocycles. The van der Waals surface area contributed by atoms with E-state index in [4.69, 9.17) is 23.2 Å². The van der Waals surface area contributed by atoms with Crippen LogP contribution in [0.25, 0.3) is 0 Å². The number of hydrogen-bond acceptors (Lipinski definition) is 3. The number of nitrogens with one attached hydrogen (secondary N) is 1. The van der Waals surface area contributed by atoms with E-state index < -0.39 is 0 Å². The highest BCUT2D eigenvalue weighted by molar-refractivity contribution is 6.39. The SMILES string of the molecule is CC1CCN(C(=O)c2cncc(Nc3c(Cl)cccc3Cl)c2)CC1. The summed E-state index contributed by atoms with van der Waals surface area (Å²) in [5.74, 6) is 0.700. The van der Waals surface area contributed by atoms with Crippen molar-refractivity contribution < 1.29 is 4.79 Å². The fourth-order valence-electron chi connectivity index (χ4n) is 2.78. The predicted molar refractivity (Wildman–Crippen MR) is 98.3 cm³/mol. The molecule has 2 heterocycles. The molecular formula is C18H19Cl2N3O. The first kappa shape index (κ1) is 17.1. The molecule has 0 bridgehead atoms. The molecule has 126 valence electrons. The number of carbonyl (C=O) groups is 1. The fraction of sp³-hybridized carbons (Fsp3) is 0.333. The van der Waals surface area contributed by atoms with Crippen molar-refractivity contribution >= 4 is 40.5 Å². The van der Waals surface area contributed by atoms with Crippen LogP contribution in [0.2, 0.25) is 10.0 Å². The molecule has 0 saturated carbocycles. The second-order valence-electron chi connectivity index (χ2n) is 6.16. The predicted octanol–water partition coefficient (Wildman–Crippen LogP) is 5.00. The Morgan fingerprint density at radius 2 is 1.88 bits per heavy atom. The summed E-state index contributed by atoms with van der Waals surface area (Å²) in [6.07, 6.45) is 5.34. The number of pyridine rings is 1. The molecule has 24 heavy (non-hydrogen) atoms. The van der Waals surface area contributed by atoms with Crippen LogP contribution >= 0.6 is 23.2 Å². The molecule has 1 aliphatic rings. The number of rotatable bonds is 3. The highest BCUT2D eigenvalue weighted by Gasteiger charge is 2.21. The maximum absolute atomic E-state index is 12.7. The minimum absolute atomic E-state index is 0.0169. The van der Waals surface area contributed by atoms with E-state index >= 15 is 0 Å². The Morgan fingerprint density at radius 1 is 1.21 bits per heavy atom. The summed E-state index contributed by atoms with van der Waals surface area (Å²) in [6.45, 7) is 3.82. The lowest BCUT2D eigenvalue weighted by Gasteiger charge is -2.30. The number of nitrogens with zero attached hydrogens (tertiary/aromatic N) is 2. The van der Waals surface area contributed by atoms with E-state index in [1.807, 2.05) is 4.90 Å². The molecule has 0 unspecified atom stereocenters. The topological polar surface area (TPSA) is 45.2 Å². The number of halogens is 2. The molecular weight excluding hydrogens is 345 g/mol. The first-order valence-corrected chi connectivity index (χ1v) is 8.75. The Balaban J connectivity index is 1.78. The van der Waals surface area contributed by atoms with Gasteiger partial charge < -0.3 is 10.2 Å². The molecule has 2 aromatic rings. The smallest absolute Gasteiger partial charge is 0.255 e. The summed E-state index contributed by atoms with van der Waals surface area (Å²) in [5.41, 5.74) is 1.86. The van der Waals surface area contributed by atoms with E-state index in [2.05, 4.69) is 17.2 Å². The number of piperidine rings is 1. The average molecular weight is 364 g/mol. The van der Waals surface area contributed by atoms with Gasteiger partial charge in [0.15, 0.2) is 0 Å². The normalized spacial score (nSPS) is 15.4. The quantitative estimate of drug-likeness (QED) is 0.833. The van der Waals surface area contributed by atoms with Gasteiger partial charge in [-0.1, -0.05) is 36.2 Å². The third kappa shape index (κ3) is 3.82. The molecule has 0 atom stereocenters. The van der Waals surface area contributed by atoms with Crippen LogP contribution in [0.5, 0.6) is 0 Å². The highest BCUT2D eigenvalue weighted by atomic mass is 35.5. The van der Waals surface area contributed by atoms with Crippen LogP contribution in [0.3, 0.4) is 0 Å². The van der Waals surface area contributed by atoms with Crippen LogP contribution in [0.15, 0.2) is 36.7 Å². The van der Waals surface area contributed by atoms with Crippen molar-refractivity contribution in [1.29, 1.82) is 0 Å². The van der Waals surface area contributed by atoms with Crippen LogP contribution in [0.4, 0.5) is 11.4 Å². The Bertz CT molecular complexity index is 723. The molecule has 1 fully saturated rings. The number of aromatic nitrogens is 1. The maximum atomic E-state index is 12.7. The van der Waals surface area contributed by atoms with Crippen LogP contribution in [0.1, 0.15) is 30.1 Å². The minimum atomic E-state index is 0.0169. The summed E-state index contributed by atoms with van der Waals surface area (Å²) in [5, 5.41) is 4.18. The van der Waals surface area contributed by atoms with Crippen molar-refractivity contribution in [3.8, 4) is 0 Å². The van der Waals surface area contributed by atoms with Crippen molar-refractivity contribution in [2.45, 2.75) is 19.8 Å². The number of amides is 1. The molecule has 1 aromatic carbocycles. The fourth-order valence-corrected chi connectivity index (χ4v) is 3.27. The van der Waals surface area contributed by atoms with Crippen molar-refractivity contribution in [2.75, 3.05) is 18.4 Å². The van der Waals surface area contributed by atoms with Crippen LogP contribution in [-0.2, 0) is 0 Å². The van der Waals surface area contributed by atoms with Crippen molar-refractivity contribution in [3.05, 3.63) is 52.3 Å². The molecule has 3 rings (SSSR count). The molecule has 1 aromatic heterocycles. The first-order chi connectivity index (χ1) is 11.5. The third-order valence-corrected chi connectivity index (χ3v) is 4.92. The molecule has 4 nitrogen and oxygen atoms in total. The van der Waals surface area contributed by atoms with Gasteiger partial charge in [0.05, 0.1) is 33.2 Å². The Labute approximate surface area is 151 Å². The molecule has 0 radical (unpaired) electrons.